The summed E-state index contributed by atoms with van der Waals surface area (Å²) in [5.74, 6) is -2.26. The van der Waals surface area contributed by atoms with Crippen LogP contribution in [0, 0.1) is 11.8 Å². The molecule has 6 nitrogen and oxygen atoms in total. The molecule has 2 aliphatic rings. The smallest absolute Gasteiger partial charge is 0.303 e. The van der Waals surface area contributed by atoms with Crippen LogP contribution >= 0.6 is 0 Å². The fourth-order valence-corrected chi connectivity index (χ4v) is 4.81. The van der Waals surface area contributed by atoms with Crippen LogP contribution < -0.4 is 0 Å². The molecule has 1 aliphatic carbocycles. The Morgan fingerprint density at radius 3 is 2.79 bits per heavy atom. The van der Waals surface area contributed by atoms with Gasteiger partial charge in [0.2, 0.25) is 5.92 Å². The monoisotopic (exact) mass is 392 g/mol. The number of imidazole rings is 1. The van der Waals surface area contributed by atoms with E-state index >= 15 is 0 Å². The molecule has 2 aromatic heterocycles. The predicted molar refractivity (Wildman–Crippen MR) is 100 cm³/mol. The summed E-state index contributed by atoms with van der Waals surface area (Å²) in [6, 6.07) is 2.02. The molecule has 0 aromatic carbocycles. The molecule has 2 fully saturated rings. The number of H-pyrrole nitrogens is 1. The van der Waals surface area contributed by atoms with Gasteiger partial charge in [0.05, 0.1) is 17.2 Å². The number of carbonyl (C=O) groups is 1. The van der Waals surface area contributed by atoms with Gasteiger partial charge in [-0.05, 0) is 43.7 Å². The third kappa shape index (κ3) is 4.32. The molecule has 0 amide bonds. The van der Waals surface area contributed by atoms with Crippen molar-refractivity contribution in [2.45, 2.75) is 56.9 Å². The first-order chi connectivity index (χ1) is 13.4. The number of piperidine rings is 1. The Bertz CT molecular complexity index is 797. The summed E-state index contributed by atoms with van der Waals surface area (Å²) < 4.78 is 27.0. The normalized spacial score (nSPS) is 26.5. The lowest BCUT2D eigenvalue weighted by Crippen LogP contribution is -2.49. The van der Waals surface area contributed by atoms with Crippen LogP contribution in [0.4, 0.5) is 8.78 Å². The van der Waals surface area contributed by atoms with Crippen molar-refractivity contribution in [1.29, 1.82) is 0 Å². The van der Waals surface area contributed by atoms with Crippen LogP contribution in [0.1, 0.15) is 44.3 Å². The molecule has 152 valence electrons. The largest absolute Gasteiger partial charge is 0.481 e. The van der Waals surface area contributed by atoms with Gasteiger partial charge in [-0.2, -0.15) is 0 Å². The second-order valence-corrected chi connectivity index (χ2v) is 8.27. The van der Waals surface area contributed by atoms with Crippen LogP contribution in [0.25, 0.3) is 11.0 Å². The summed E-state index contributed by atoms with van der Waals surface area (Å²) in [4.78, 5) is 25.6. The van der Waals surface area contributed by atoms with Gasteiger partial charge in [0, 0.05) is 44.5 Å². The van der Waals surface area contributed by atoms with Gasteiger partial charge in [0.1, 0.15) is 5.82 Å². The van der Waals surface area contributed by atoms with E-state index in [4.69, 9.17) is 0 Å². The quantitative estimate of drug-likeness (QED) is 0.814. The number of aromatic nitrogens is 3. The zero-order valence-corrected chi connectivity index (χ0v) is 15.8. The average molecular weight is 392 g/mol. The SMILES string of the molecule is O=C(O)CC1CCN(C2CCC(F)(F)CC2)CC1Cc1nc2ccncc2[nH]1. The van der Waals surface area contributed by atoms with Crippen LogP contribution in [0.2, 0.25) is 0 Å². The molecule has 2 aromatic rings. The molecule has 4 rings (SSSR count). The molecule has 0 radical (unpaired) electrons. The molecule has 8 heteroatoms. The summed E-state index contributed by atoms with van der Waals surface area (Å²) >= 11 is 0. The zero-order chi connectivity index (χ0) is 19.7. The molecule has 0 spiro atoms. The summed E-state index contributed by atoms with van der Waals surface area (Å²) in [7, 11) is 0. The number of likely N-dealkylation sites (tertiary alicyclic amines) is 1. The highest BCUT2D eigenvalue weighted by Crippen LogP contribution is 2.38. The maximum Gasteiger partial charge on any atom is 0.303 e. The number of hydrogen-bond donors (Lipinski definition) is 2. The number of hydrogen-bond acceptors (Lipinski definition) is 4. The number of carboxylic acid groups (broad SMARTS) is 1. The third-order valence-electron chi connectivity index (χ3n) is 6.35. The zero-order valence-electron chi connectivity index (χ0n) is 15.8. The van der Waals surface area contributed by atoms with Gasteiger partial charge in [-0.15, -0.1) is 0 Å². The number of rotatable bonds is 5. The lowest BCUT2D eigenvalue weighted by Gasteiger charge is -2.44. The molecule has 2 N–H and O–H groups in total. The fraction of sp³-hybridized carbons (Fsp3) is 0.650. The highest BCUT2D eigenvalue weighted by atomic mass is 19.3. The first-order valence-electron chi connectivity index (χ1n) is 10.0. The number of halogens is 2. The fourth-order valence-electron chi connectivity index (χ4n) is 4.81. The Morgan fingerprint density at radius 1 is 1.29 bits per heavy atom. The van der Waals surface area contributed by atoms with E-state index in [0.29, 0.717) is 19.3 Å². The number of alkyl halides is 2. The van der Waals surface area contributed by atoms with Crippen LogP contribution in [0.15, 0.2) is 18.5 Å². The van der Waals surface area contributed by atoms with E-state index in [9.17, 15) is 18.7 Å². The lowest BCUT2D eigenvalue weighted by atomic mass is 9.79. The van der Waals surface area contributed by atoms with E-state index in [2.05, 4.69) is 19.9 Å². The molecule has 1 aliphatic heterocycles. The molecule has 3 heterocycles. The van der Waals surface area contributed by atoms with Gasteiger partial charge < -0.3 is 15.0 Å². The van der Waals surface area contributed by atoms with Crippen molar-refractivity contribution in [2.24, 2.45) is 11.8 Å². The summed E-state index contributed by atoms with van der Waals surface area (Å²) in [6.07, 6.45) is 5.94. The van der Waals surface area contributed by atoms with Gasteiger partial charge in [-0.3, -0.25) is 9.78 Å². The van der Waals surface area contributed by atoms with Crippen molar-refractivity contribution in [3.8, 4) is 0 Å². The Balaban J connectivity index is 1.47. The molecular weight excluding hydrogens is 366 g/mol. The van der Waals surface area contributed by atoms with Gasteiger partial charge in [-0.25, -0.2) is 13.8 Å². The Morgan fingerprint density at radius 2 is 2.07 bits per heavy atom. The number of aliphatic carboxylic acids is 1. The highest BCUT2D eigenvalue weighted by molar-refractivity contribution is 5.73. The number of carboxylic acids is 1. The van der Waals surface area contributed by atoms with E-state index in [1.165, 1.54) is 0 Å². The van der Waals surface area contributed by atoms with Gasteiger partial charge in [0.25, 0.3) is 0 Å². The summed E-state index contributed by atoms with van der Waals surface area (Å²) in [6.45, 7) is 1.53. The van der Waals surface area contributed by atoms with Gasteiger partial charge in [-0.1, -0.05) is 0 Å². The topological polar surface area (TPSA) is 82.1 Å². The number of aromatic amines is 1. The second kappa shape index (κ2) is 7.73. The molecular formula is C20H26F2N4O2. The molecule has 0 bridgehead atoms. The first kappa shape index (κ1) is 19.2. The number of fused-ring (bicyclic) bond motifs is 1. The minimum Gasteiger partial charge on any atom is -0.481 e. The van der Waals surface area contributed by atoms with Crippen LogP contribution in [-0.2, 0) is 11.2 Å². The van der Waals surface area contributed by atoms with E-state index in [1.807, 2.05) is 6.07 Å². The number of pyridine rings is 1. The molecule has 28 heavy (non-hydrogen) atoms. The molecule has 2 atom stereocenters. The molecule has 1 saturated heterocycles. The first-order valence-corrected chi connectivity index (χ1v) is 10.0. The van der Waals surface area contributed by atoms with E-state index in [-0.39, 0.29) is 37.1 Å². The summed E-state index contributed by atoms with van der Waals surface area (Å²) in [5, 5.41) is 9.31. The Kier molecular flexibility index (Phi) is 5.31. The van der Waals surface area contributed by atoms with Crippen molar-refractivity contribution in [3.05, 3.63) is 24.3 Å². The van der Waals surface area contributed by atoms with Crippen molar-refractivity contribution < 1.29 is 18.7 Å². The Labute approximate surface area is 162 Å². The van der Waals surface area contributed by atoms with Gasteiger partial charge >= 0.3 is 5.97 Å². The molecule has 2 unspecified atom stereocenters. The minimum atomic E-state index is -2.53. The van der Waals surface area contributed by atoms with Crippen LogP contribution in [-0.4, -0.2) is 56.0 Å². The molecule has 1 saturated carbocycles. The van der Waals surface area contributed by atoms with Crippen molar-refractivity contribution in [1.82, 2.24) is 19.9 Å². The predicted octanol–water partition coefficient (Wildman–Crippen LogP) is 3.49. The second-order valence-electron chi connectivity index (χ2n) is 8.27. The highest BCUT2D eigenvalue weighted by Gasteiger charge is 2.40. The summed E-state index contributed by atoms with van der Waals surface area (Å²) in [5.41, 5.74) is 1.72. The average Bonchev–Trinajstić information content (AvgIpc) is 3.05. The van der Waals surface area contributed by atoms with Gasteiger partial charge in [0.15, 0.2) is 0 Å². The Hall–Kier alpha value is -2.09. The van der Waals surface area contributed by atoms with E-state index < -0.39 is 11.9 Å². The number of nitrogens with zero attached hydrogens (tertiary/aromatic N) is 3. The van der Waals surface area contributed by atoms with E-state index in [1.54, 1.807) is 12.4 Å². The van der Waals surface area contributed by atoms with Crippen molar-refractivity contribution >= 4 is 17.0 Å². The van der Waals surface area contributed by atoms with Crippen molar-refractivity contribution in [3.63, 3.8) is 0 Å². The minimum absolute atomic E-state index is 0.0477. The maximum atomic E-state index is 13.5. The lowest BCUT2D eigenvalue weighted by molar-refractivity contribution is -0.139. The van der Waals surface area contributed by atoms with E-state index in [0.717, 1.165) is 36.4 Å². The van der Waals surface area contributed by atoms with Crippen molar-refractivity contribution in [2.75, 3.05) is 13.1 Å². The number of nitrogens with one attached hydrogen (secondary N) is 1. The third-order valence-corrected chi connectivity index (χ3v) is 6.35. The standard InChI is InChI=1S/C20H26F2N4O2/c21-20(22)5-1-15(2-6-20)26-8-4-13(10-19(27)28)14(12-26)9-18-24-16-3-7-23-11-17(16)25-18/h3,7,11,13-15H,1-2,4-6,8-10,12H2,(H,24,25)(H,27,28). The van der Waals surface area contributed by atoms with Crippen LogP contribution in [0.3, 0.4) is 0 Å². The maximum absolute atomic E-state index is 13.5. The van der Waals surface area contributed by atoms with Crippen LogP contribution in [0.5, 0.6) is 0 Å².